The van der Waals surface area contributed by atoms with Crippen molar-refractivity contribution in [2.45, 2.75) is 13.5 Å². The third-order valence-electron chi connectivity index (χ3n) is 3.46. The number of hydrogen-bond donors (Lipinski definition) is 0. The first-order chi connectivity index (χ1) is 12.1. The van der Waals surface area contributed by atoms with Gasteiger partial charge in [-0.05, 0) is 31.2 Å². The first-order valence-electron chi connectivity index (χ1n) is 7.72. The number of fused-ring (bicyclic) bond motifs is 1. The second-order valence-electron chi connectivity index (χ2n) is 5.09. The molecule has 2 aromatic heterocycles. The number of amides is 1. The number of carbonyl (C=O) groups excluding carboxylic acids is 1. The Labute approximate surface area is 158 Å². The Kier molecular flexibility index (Phi) is 5.90. The van der Waals surface area contributed by atoms with E-state index in [1.807, 2.05) is 29.7 Å². The third kappa shape index (κ3) is 3.95. The summed E-state index contributed by atoms with van der Waals surface area (Å²) in [7, 11) is 1.65. The number of ether oxygens (including phenoxy) is 2. The van der Waals surface area contributed by atoms with Gasteiger partial charge in [0.05, 0.1) is 27.1 Å². The molecule has 0 aliphatic heterocycles. The SMILES string of the molecule is CCOc1cccc2sc(=NC(=O)c3ccc(Cl)s3)n(CCOC)c12. The summed E-state index contributed by atoms with van der Waals surface area (Å²) in [5.74, 6) is 0.480. The van der Waals surface area contributed by atoms with Crippen LogP contribution in [-0.4, -0.2) is 30.8 Å². The zero-order chi connectivity index (χ0) is 17.8. The fourth-order valence-corrected chi connectivity index (χ4v) is 4.42. The van der Waals surface area contributed by atoms with E-state index in [2.05, 4.69) is 4.99 Å². The first kappa shape index (κ1) is 18.1. The molecule has 0 N–H and O–H groups in total. The number of benzene rings is 1. The molecule has 1 aromatic carbocycles. The van der Waals surface area contributed by atoms with E-state index in [1.54, 1.807) is 19.2 Å². The molecule has 0 fully saturated rings. The normalized spacial score (nSPS) is 12.0. The molecule has 0 bridgehead atoms. The number of hydrogen-bond acceptors (Lipinski definition) is 5. The lowest BCUT2D eigenvalue weighted by Crippen LogP contribution is -2.19. The molecule has 0 aliphatic carbocycles. The highest BCUT2D eigenvalue weighted by atomic mass is 35.5. The van der Waals surface area contributed by atoms with Crippen LogP contribution in [0, 0.1) is 0 Å². The summed E-state index contributed by atoms with van der Waals surface area (Å²) in [6.07, 6.45) is 0. The highest BCUT2D eigenvalue weighted by Gasteiger charge is 2.14. The van der Waals surface area contributed by atoms with Crippen LogP contribution in [0.2, 0.25) is 4.34 Å². The standard InChI is InChI=1S/C17H17ClN2O3S2/c1-3-23-11-5-4-6-12-15(11)20(9-10-22-2)17(25-12)19-16(21)13-7-8-14(18)24-13/h4-8H,3,9-10H2,1-2H3. The molecule has 3 aromatic rings. The Hall–Kier alpha value is -1.67. The Morgan fingerprint density at radius 3 is 2.80 bits per heavy atom. The molecular weight excluding hydrogens is 380 g/mol. The van der Waals surface area contributed by atoms with Crippen LogP contribution in [0.15, 0.2) is 35.3 Å². The molecule has 0 radical (unpaired) electrons. The average molecular weight is 397 g/mol. The van der Waals surface area contributed by atoms with E-state index in [0.717, 1.165) is 16.0 Å². The van der Waals surface area contributed by atoms with Gasteiger partial charge in [-0.1, -0.05) is 29.0 Å². The van der Waals surface area contributed by atoms with E-state index in [9.17, 15) is 4.79 Å². The topological polar surface area (TPSA) is 52.8 Å². The highest BCUT2D eigenvalue weighted by Crippen LogP contribution is 2.28. The van der Waals surface area contributed by atoms with Crippen molar-refractivity contribution in [3.63, 3.8) is 0 Å². The van der Waals surface area contributed by atoms with E-state index in [0.29, 0.717) is 33.8 Å². The van der Waals surface area contributed by atoms with E-state index in [4.69, 9.17) is 21.1 Å². The van der Waals surface area contributed by atoms with Gasteiger partial charge < -0.3 is 14.0 Å². The number of methoxy groups -OCH3 is 1. The molecular formula is C17H17ClN2O3S2. The van der Waals surface area contributed by atoms with Gasteiger partial charge in [0, 0.05) is 13.7 Å². The Morgan fingerprint density at radius 2 is 2.12 bits per heavy atom. The number of nitrogens with zero attached hydrogens (tertiary/aromatic N) is 2. The maximum absolute atomic E-state index is 12.5. The van der Waals surface area contributed by atoms with Crippen LogP contribution in [-0.2, 0) is 11.3 Å². The van der Waals surface area contributed by atoms with Crippen LogP contribution in [0.4, 0.5) is 0 Å². The van der Waals surface area contributed by atoms with Crippen LogP contribution >= 0.6 is 34.3 Å². The number of thiazole rings is 1. The van der Waals surface area contributed by atoms with Gasteiger partial charge in [-0.3, -0.25) is 4.79 Å². The van der Waals surface area contributed by atoms with Crippen LogP contribution in [0.25, 0.3) is 10.2 Å². The van der Waals surface area contributed by atoms with Crippen LogP contribution in [0.3, 0.4) is 0 Å². The van der Waals surface area contributed by atoms with Crippen molar-refractivity contribution in [3.05, 3.63) is 44.3 Å². The second kappa shape index (κ2) is 8.14. The van der Waals surface area contributed by atoms with Crippen molar-refractivity contribution < 1.29 is 14.3 Å². The van der Waals surface area contributed by atoms with Gasteiger partial charge in [0.2, 0.25) is 0 Å². The Balaban J connectivity index is 2.14. The summed E-state index contributed by atoms with van der Waals surface area (Å²) in [5.41, 5.74) is 0.933. The van der Waals surface area contributed by atoms with Gasteiger partial charge in [-0.2, -0.15) is 4.99 Å². The van der Waals surface area contributed by atoms with Gasteiger partial charge in [-0.25, -0.2) is 0 Å². The van der Waals surface area contributed by atoms with Crippen molar-refractivity contribution in [2.75, 3.05) is 20.3 Å². The predicted molar refractivity (Wildman–Crippen MR) is 102 cm³/mol. The molecule has 2 heterocycles. The van der Waals surface area contributed by atoms with E-state index in [-0.39, 0.29) is 5.91 Å². The molecule has 132 valence electrons. The summed E-state index contributed by atoms with van der Waals surface area (Å²) < 4.78 is 14.5. The number of para-hydroxylation sites is 1. The predicted octanol–water partition coefficient (Wildman–Crippen LogP) is 4.20. The maximum atomic E-state index is 12.5. The third-order valence-corrected chi connectivity index (χ3v) is 5.73. The Bertz CT molecular complexity index is 958. The minimum absolute atomic E-state index is 0.299. The van der Waals surface area contributed by atoms with E-state index < -0.39 is 0 Å². The van der Waals surface area contributed by atoms with Gasteiger partial charge in [0.25, 0.3) is 5.91 Å². The van der Waals surface area contributed by atoms with E-state index >= 15 is 0 Å². The highest BCUT2D eigenvalue weighted by molar-refractivity contribution is 7.18. The molecule has 8 heteroatoms. The second-order valence-corrected chi connectivity index (χ2v) is 7.81. The van der Waals surface area contributed by atoms with Gasteiger partial charge in [0.15, 0.2) is 4.80 Å². The quantitative estimate of drug-likeness (QED) is 0.627. The summed E-state index contributed by atoms with van der Waals surface area (Å²) in [4.78, 5) is 17.9. The molecule has 25 heavy (non-hydrogen) atoms. The number of aromatic nitrogens is 1. The lowest BCUT2D eigenvalue weighted by Gasteiger charge is -2.09. The van der Waals surface area contributed by atoms with Gasteiger partial charge in [0.1, 0.15) is 11.3 Å². The molecule has 0 aliphatic rings. The molecule has 0 saturated heterocycles. The van der Waals surface area contributed by atoms with Crippen LogP contribution in [0.1, 0.15) is 16.6 Å². The van der Waals surface area contributed by atoms with E-state index in [1.165, 1.54) is 22.7 Å². The monoisotopic (exact) mass is 396 g/mol. The maximum Gasteiger partial charge on any atom is 0.289 e. The lowest BCUT2D eigenvalue weighted by molar-refractivity contribution is 0.100. The molecule has 1 amide bonds. The molecule has 0 spiro atoms. The zero-order valence-electron chi connectivity index (χ0n) is 13.8. The largest absolute Gasteiger partial charge is 0.492 e. The minimum atomic E-state index is -0.299. The zero-order valence-corrected chi connectivity index (χ0v) is 16.2. The number of rotatable bonds is 6. The average Bonchev–Trinajstić information content (AvgIpc) is 3.17. The summed E-state index contributed by atoms with van der Waals surface area (Å²) in [6.45, 7) is 3.61. The summed E-state index contributed by atoms with van der Waals surface area (Å²) in [5, 5.41) is 0. The summed E-state index contributed by atoms with van der Waals surface area (Å²) in [6, 6.07) is 9.25. The van der Waals surface area contributed by atoms with Crippen molar-refractivity contribution in [1.82, 2.24) is 4.57 Å². The molecule has 0 unspecified atom stereocenters. The Morgan fingerprint density at radius 1 is 1.28 bits per heavy atom. The number of carbonyl (C=O) groups is 1. The van der Waals surface area contributed by atoms with Gasteiger partial charge >= 0.3 is 0 Å². The van der Waals surface area contributed by atoms with Crippen molar-refractivity contribution in [1.29, 1.82) is 0 Å². The van der Waals surface area contributed by atoms with Crippen LogP contribution in [0.5, 0.6) is 5.75 Å². The first-order valence-corrected chi connectivity index (χ1v) is 9.73. The number of halogens is 1. The number of thiophene rings is 1. The molecule has 3 rings (SSSR count). The molecule has 0 atom stereocenters. The fraction of sp³-hybridized carbons (Fsp3) is 0.294. The molecule has 0 saturated carbocycles. The van der Waals surface area contributed by atoms with Crippen LogP contribution < -0.4 is 9.54 Å². The minimum Gasteiger partial charge on any atom is -0.492 e. The van der Waals surface area contributed by atoms with Gasteiger partial charge in [-0.15, -0.1) is 11.3 Å². The van der Waals surface area contributed by atoms with Crippen molar-refractivity contribution in [3.8, 4) is 5.75 Å². The van der Waals surface area contributed by atoms with Crippen molar-refractivity contribution in [2.24, 2.45) is 4.99 Å². The molecule has 5 nitrogen and oxygen atoms in total. The fourth-order valence-electron chi connectivity index (χ4n) is 2.42. The smallest absolute Gasteiger partial charge is 0.289 e. The lowest BCUT2D eigenvalue weighted by atomic mass is 10.3. The summed E-state index contributed by atoms with van der Waals surface area (Å²) >= 11 is 8.60. The van der Waals surface area contributed by atoms with Crippen molar-refractivity contribution >= 4 is 50.4 Å².